The van der Waals surface area contributed by atoms with Crippen LogP contribution in [0.25, 0.3) is 0 Å². The summed E-state index contributed by atoms with van der Waals surface area (Å²) in [4.78, 5) is 3.48. The summed E-state index contributed by atoms with van der Waals surface area (Å²) in [7, 11) is 0. The van der Waals surface area contributed by atoms with Crippen LogP contribution in [0.1, 0.15) is 11.1 Å². The van der Waals surface area contributed by atoms with Crippen molar-refractivity contribution in [1.29, 1.82) is 0 Å². The van der Waals surface area contributed by atoms with Gasteiger partial charge in [-0.25, -0.2) is 4.98 Å². The van der Waals surface area contributed by atoms with E-state index in [2.05, 4.69) is 9.72 Å². The molecule has 0 unspecified atom stereocenters. The van der Waals surface area contributed by atoms with Crippen LogP contribution in [-0.2, 0) is 21.9 Å². The van der Waals surface area contributed by atoms with Gasteiger partial charge in [-0.2, -0.15) is 17.6 Å². The second kappa shape index (κ2) is 7.18. The number of aliphatic hydroxyl groups is 1. The molecule has 2 atom stereocenters. The van der Waals surface area contributed by atoms with Crippen molar-refractivity contribution in [3.8, 4) is 0 Å². The molecule has 0 aliphatic carbocycles. The van der Waals surface area contributed by atoms with E-state index >= 15 is 0 Å². The van der Waals surface area contributed by atoms with Gasteiger partial charge >= 0.3 is 11.8 Å². The number of nitrogens with zero attached hydrogens (tertiary/aromatic N) is 1. The largest absolute Gasteiger partial charge is 0.374 e. The molecule has 2 aromatic rings. The number of alkyl halides is 4. The van der Waals surface area contributed by atoms with Crippen molar-refractivity contribution in [2.24, 2.45) is 0 Å². The first-order chi connectivity index (χ1) is 12.6. The second-order valence-electron chi connectivity index (χ2n) is 5.92. The highest BCUT2D eigenvalue weighted by molar-refractivity contribution is 6.32. The fourth-order valence-electron chi connectivity index (χ4n) is 2.68. The van der Waals surface area contributed by atoms with Crippen molar-refractivity contribution in [3.05, 3.63) is 63.9 Å². The number of halogens is 6. The number of hydrogen-bond acceptors (Lipinski definition) is 4. The van der Waals surface area contributed by atoms with E-state index in [0.717, 1.165) is 12.1 Å². The van der Waals surface area contributed by atoms with Crippen molar-refractivity contribution in [2.75, 3.05) is 6.61 Å². The van der Waals surface area contributed by atoms with Gasteiger partial charge in [0, 0.05) is 0 Å². The molecule has 27 heavy (non-hydrogen) atoms. The predicted molar refractivity (Wildman–Crippen MR) is 89.0 cm³/mol. The van der Waals surface area contributed by atoms with Gasteiger partial charge in [-0.3, -0.25) is 0 Å². The number of ether oxygens (including phenoxy) is 2. The molecule has 0 spiro atoms. The molecule has 1 aliphatic rings. The van der Waals surface area contributed by atoms with E-state index in [-0.39, 0.29) is 11.8 Å². The molecular weight excluding hydrogens is 413 g/mol. The third kappa shape index (κ3) is 3.40. The number of benzene rings is 1. The van der Waals surface area contributed by atoms with Gasteiger partial charge in [-0.1, -0.05) is 53.5 Å². The molecule has 146 valence electrons. The Morgan fingerprint density at radius 2 is 1.74 bits per heavy atom. The Balaban J connectivity index is 1.83. The van der Waals surface area contributed by atoms with Crippen molar-refractivity contribution in [2.45, 2.75) is 30.3 Å². The summed E-state index contributed by atoms with van der Waals surface area (Å²) in [5, 5.41) is 9.47. The highest BCUT2D eigenvalue weighted by atomic mass is 35.5. The van der Waals surface area contributed by atoms with Gasteiger partial charge < -0.3 is 14.6 Å². The van der Waals surface area contributed by atoms with Gasteiger partial charge in [-0.15, -0.1) is 0 Å². The van der Waals surface area contributed by atoms with E-state index in [1.165, 1.54) is 0 Å². The summed E-state index contributed by atoms with van der Waals surface area (Å²) in [5.74, 6) is -13.4. The average Bonchev–Trinajstić information content (AvgIpc) is 2.73. The average molecular weight is 426 g/mol. The molecule has 2 heterocycles. The maximum Gasteiger partial charge on any atom is 0.369 e. The van der Waals surface area contributed by atoms with E-state index in [1.54, 1.807) is 30.3 Å². The third-order valence-corrected chi connectivity index (χ3v) is 4.62. The molecule has 1 aromatic carbocycles. The highest BCUT2D eigenvalue weighted by Gasteiger charge is 2.80. The third-order valence-electron chi connectivity index (χ3n) is 4.12. The quantitative estimate of drug-likeness (QED) is 0.568. The molecule has 0 radical (unpaired) electrons. The van der Waals surface area contributed by atoms with E-state index in [1.807, 2.05) is 0 Å². The molecule has 1 aliphatic heterocycles. The molecule has 0 amide bonds. The zero-order chi connectivity index (χ0) is 19.9. The number of rotatable bonds is 5. The Kier molecular flexibility index (Phi) is 5.39. The first kappa shape index (κ1) is 20.3. The maximum atomic E-state index is 14.4. The van der Waals surface area contributed by atoms with Gasteiger partial charge in [0.05, 0.1) is 18.8 Å². The van der Waals surface area contributed by atoms with Crippen LogP contribution in [-0.4, -0.2) is 34.6 Å². The van der Waals surface area contributed by atoms with Crippen LogP contribution in [0.2, 0.25) is 10.3 Å². The zero-order valence-electron chi connectivity index (χ0n) is 13.5. The molecule has 10 heteroatoms. The molecular formula is C17H13Cl2F4NO3. The summed E-state index contributed by atoms with van der Waals surface area (Å²) < 4.78 is 67.3. The van der Waals surface area contributed by atoms with Gasteiger partial charge in [-0.05, 0) is 17.7 Å². The topological polar surface area (TPSA) is 51.6 Å². The lowest BCUT2D eigenvalue weighted by atomic mass is 9.97. The van der Waals surface area contributed by atoms with Crippen molar-refractivity contribution in [1.82, 2.24) is 4.98 Å². The van der Waals surface area contributed by atoms with Gasteiger partial charge in [0.15, 0.2) is 6.10 Å². The Morgan fingerprint density at radius 3 is 2.37 bits per heavy atom. The Labute approximate surface area is 161 Å². The van der Waals surface area contributed by atoms with Crippen LogP contribution < -0.4 is 0 Å². The molecule has 4 nitrogen and oxygen atoms in total. The monoisotopic (exact) mass is 425 g/mol. The lowest BCUT2D eigenvalue weighted by molar-refractivity contribution is -0.309. The molecule has 3 rings (SSSR count). The second-order valence-corrected chi connectivity index (χ2v) is 6.67. The van der Waals surface area contributed by atoms with Crippen LogP contribution in [0.3, 0.4) is 0 Å². The van der Waals surface area contributed by atoms with E-state index < -0.39 is 41.1 Å². The van der Waals surface area contributed by atoms with Crippen LogP contribution >= 0.6 is 23.2 Å². The molecule has 1 N–H and O–H groups in total. The molecule has 1 aromatic heterocycles. The predicted octanol–water partition coefficient (Wildman–Crippen LogP) is 4.42. The summed E-state index contributed by atoms with van der Waals surface area (Å²) in [5.41, 5.74) is -0.158. The highest BCUT2D eigenvalue weighted by Crippen LogP contribution is 2.57. The molecule has 1 fully saturated rings. The SMILES string of the molecule is O[C@]1(c2ccc(Cl)nc2Cl)O[C@@H](COCc2ccccc2)C(F)(F)C1(F)F. The van der Waals surface area contributed by atoms with E-state index in [0.29, 0.717) is 5.56 Å². The van der Waals surface area contributed by atoms with E-state index in [4.69, 9.17) is 27.9 Å². The smallest absolute Gasteiger partial charge is 0.369 e. The summed E-state index contributed by atoms with van der Waals surface area (Å²) in [6.45, 7) is -0.970. The Hall–Kier alpha value is -1.45. The van der Waals surface area contributed by atoms with Crippen molar-refractivity contribution in [3.63, 3.8) is 0 Å². The van der Waals surface area contributed by atoms with Crippen LogP contribution in [0.5, 0.6) is 0 Å². The molecule has 0 bridgehead atoms. The van der Waals surface area contributed by atoms with Gasteiger partial charge in [0.25, 0.3) is 5.79 Å². The van der Waals surface area contributed by atoms with Crippen molar-refractivity contribution >= 4 is 23.2 Å². The van der Waals surface area contributed by atoms with Crippen molar-refractivity contribution < 1.29 is 32.1 Å². The number of hydrogen-bond donors (Lipinski definition) is 1. The summed E-state index contributed by atoms with van der Waals surface area (Å²) in [6.07, 6.45) is -2.41. The van der Waals surface area contributed by atoms with Crippen LogP contribution in [0.15, 0.2) is 42.5 Å². The Bertz CT molecular complexity index is 825. The summed E-state index contributed by atoms with van der Waals surface area (Å²) >= 11 is 11.3. The lowest BCUT2D eigenvalue weighted by Gasteiger charge is -2.29. The first-order valence-corrected chi connectivity index (χ1v) is 8.45. The Morgan fingerprint density at radius 1 is 1.07 bits per heavy atom. The fraction of sp³-hybridized carbons (Fsp3) is 0.353. The van der Waals surface area contributed by atoms with Gasteiger partial charge in [0.1, 0.15) is 10.3 Å². The van der Waals surface area contributed by atoms with Gasteiger partial charge in [0.2, 0.25) is 0 Å². The minimum Gasteiger partial charge on any atom is -0.374 e. The minimum atomic E-state index is -4.99. The zero-order valence-corrected chi connectivity index (χ0v) is 15.0. The molecule has 0 saturated carbocycles. The number of aromatic nitrogens is 1. The molecule has 1 saturated heterocycles. The lowest BCUT2D eigenvalue weighted by Crippen LogP contribution is -2.52. The summed E-state index contributed by atoms with van der Waals surface area (Å²) in [6, 6.07) is 10.4. The maximum absolute atomic E-state index is 14.4. The number of pyridine rings is 1. The standard InChI is InChI=1S/C17H13Cl2F4NO3/c18-13-7-6-11(14(19)24-13)16(25)17(22,23)15(20,21)12(27-16)9-26-8-10-4-2-1-3-5-10/h1-7,12,25H,8-9H2/t12-,16+/m0/s1. The van der Waals surface area contributed by atoms with Crippen LogP contribution in [0.4, 0.5) is 17.6 Å². The minimum absolute atomic E-state index is 0.0932. The van der Waals surface area contributed by atoms with Crippen LogP contribution in [0, 0.1) is 0 Å². The van der Waals surface area contributed by atoms with E-state index in [9.17, 15) is 22.7 Å². The normalized spacial score (nSPS) is 26.3. The fourth-order valence-corrected chi connectivity index (χ4v) is 3.15. The first-order valence-electron chi connectivity index (χ1n) is 7.69.